The molecule has 1 aromatic rings. The molecule has 0 radical (unpaired) electrons. The Bertz CT molecular complexity index is 596. The van der Waals surface area contributed by atoms with Crippen molar-refractivity contribution in [3.05, 3.63) is 29.8 Å². The van der Waals surface area contributed by atoms with Crippen molar-refractivity contribution in [2.75, 3.05) is 78.5 Å². The Hall–Kier alpha value is -1.63. The smallest absolute Gasteiger partial charge is 0.253 e. The summed E-state index contributed by atoms with van der Waals surface area (Å²) >= 11 is 0. The standard InChI is InChI=1S/C20H32N4O2/c1-21(2)19-6-4-16(5-7-19)20(26)24-13-17(18(14-24)15-25)12-23-10-8-22(3)9-11-23/h4-7,17-18,25H,8-15H2,1-3H3. The Morgan fingerprint density at radius 2 is 1.69 bits per heavy atom. The SMILES string of the molecule is CN1CCN(CC2CN(C(=O)c3ccc(N(C)C)cc3)CC2CO)CC1. The first kappa shape index (κ1) is 19.1. The number of nitrogens with zero attached hydrogens (tertiary/aromatic N) is 4. The average Bonchev–Trinajstić information content (AvgIpc) is 3.06. The van der Waals surface area contributed by atoms with Crippen LogP contribution in [0.4, 0.5) is 5.69 Å². The Labute approximate surface area is 157 Å². The second-order valence-corrected chi connectivity index (χ2v) is 7.96. The maximum absolute atomic E-state index is 12.9. The molecule has 0 aromatic heterocycles. The van der Waals surface area contributed by atoms with Crippen LogP contribution in [-0.4, -0.2) is 99.3 Å². The molecule has 1 N–H and O–H groups in total. The summed E-state index contributed by atoms with van der Waals surface area (Å²) in [4.78, 5) is 21.7. The summed E-state index contributed by atoms with van der Waals surface area (Å²) < 4.78 is 0. The molecule has 1 aromatic carbocycles. The van der Waals surface area contributed by atoms with Crippen LogP contribution < -0.4 is 4.90 Å². The zero-order valence-corrected chi connectivity index (χ0v) is 16.3. The Morgan fingerprint density at radius 3 is 2.27 bits per heavy atom. The van der Waals surface area contributed by atoms with E-state index in [4.69, 9.17) is 0 Å². The molecule has 2 fully saturated rings. The van der Waals surface area contributed by atoms with E-state index in [1.54, 1.807) is 0 Å². The van der Waals surface area contributed by atoms with Gasteiger partial charge in [0.25, 0.3) is 5.91 Å². The number of benzene rings is 1. The fraction of sp³-hybridized carbons (Fsp3) is 0.650. The molecule has 6 heteroatoms. The van der Waals surface area contributed by atoms with E-state index in [-0.39, 0.29) is 18.4 Å². The molecule has 0 bridgehead atoms. The summed E-state index contributed by atoms with van der Waals surface area (Å²) in [5.74, 6) is 0.614. The molecule has 3 rings (SSSR count). The highest BCUT2D eigenvalue weighted by atomic mass is 16.3. The number of aliphatic hydroxyl groups is 1. The number of carbonyl (C=O) groups is 1. The number of likely N-dealkylation sites (N-methyl/N-ethyl adjacent to an activating group) is 1. The van der Waals surface area contributed by atoms with Crippen molar-refractivity contribution < 1.29 is 9.90 Å². The van der Waals surface area contributed by atoms with E-state index in [2.05, 4.69) is 16.8 Å². The molecule has 0 saturated carbocycles. The molecule has 144 valence electrons. The van der Waals surface area contributed by atoms with Crippen LogP contribution in [0.25, 0.3) is 0 Å². The van der Waals surface area contributed by atoms with Gasteiger partial charge in [0.2, 0.25) is 0 Å². The monoisotopic (exact) mass is 360 g/mol. The van der Waals surface area contributed by atoms with E-state index in [9.17, 15) is 9.90 Å². The van der Waals surface area contributed by atoms with Crippen LogP contribution in [0.5, 0.6) is 0 Å². The van der Waals surface area contributed by atoms with Crippen molar-refractivity contribution in [3.8, 4) is 0 Å². The minimum absolute atomic E-state index is 0.0784. The molecular formula is C20H32N4O2. The van der Waals surface area contributed by atoms with Crippen LogP contribution >= 0.6 is 0 Å². The van der Waals surface area contributed by atoms with Crippen LogP contribution in [0.15, 0.2) is 24.3 Å². The van der Waals surface area contributed by atoms with Crippen LogP contribution in [-0.2, 0) is 0 Å². The van der Waals surface area contributed by atoms with Gasteiger partial charge in [0.15, 0.2) is 0 Å². The van der Waals surface area contributed by atoms with Crippen molar-refractivity contribution in [3.63, 3.8) is 0 Å². The number of hydrogen-bond donors (Lipinski definition) is 1. The largest absolute Gasteiger partial charge is 0.396 e. The quantitative estimate of drug-likeness (QED) is 0.837. The first-order valence-electron chi connectivity index (χ1n) is 9.56. The lowest BCUT2D eigenvalue weighted by Gasteiger charge is -2.34. The van der Waals surface area contributed by atoms with Crippen molar-refractivity contribution in [1.29, 1.82) is 0 Å². The molecule has 2 unspecified atom stereocenters. The maximum Gasteiger partial charge on any atom is 0.253 e. The number of aliphatic hydroxyl groups excluding tert-OH is 1. The summed E-state index contributed by atoms with van der Waals surface area (Å²) in [6, 6.07) is 7.77. The minimum atomic E-state index is 0.0784. The Kier molecular flexibility index (Phi) is 6.16. The highest BCUT2D eigenvalue weighted by Crippen LogP contribution is 2.26. The molecule has 0 spiro atoms. The maximum atomic E-state index is 12.9. The normalized spacial score (nSPS) is 24.8. The van der Waals surface area contributed by atoms with Gasteiger partial charge in [-0.05, 0) is 37.2 Å². The summed E-state index contributed by atoms with van der Waals surface area (Å²) in [7, 11) is 6.14. The molecule has 2 aliphatic rings. The van der Waals surface area contributed by atoms with Crippen molar-refractivity contribution in [2.45, 2.75) is 0 Å². The van der Waals surface area contributed by atoms with Gasteiger partial charge < -0.3 is 24.7 Å². The number of anilines is 1. The van der Waals surface area contributed by atoms with Gasteiger partial charge in [0, 0.05) is 83.7 Å². The molecule has 2 aliphatic heterocycles. The number of likely N-dealkylation sites (tertiary alicyclic amines) is 1. The van der Waals surface area contributed by atoms with Crippen molar-refractivity contribution in [1.82, 2.24) is 14.7 Å². The van der Waals surface area contributed by atoms with Gasteiger partial charge in [-0.3, -0.25) is 4.79 Å². The predicted molar refractivity (Wildman–Crippen MR) is 105 cm³/mol. The number of rotatable bonds is 5. The molecular weight excluding hydrogens is 328 g/mol. The van der Waals surface area contributed by atoms with Crippen LogP contribution in [0.2, 0.25) is 0 Å². The van der Waals surface area contributed by atoms with Gasteiger partial charge in [0.05, 0.1) is 0 Å². The zero-order chi connectivity index (χ0) is 18.7. The highest BCUT2D eigenvalue weighted by molar-refractivity contribution is 5.94. The van der Waals surface area contributed by atoms with E-state index >= 15 is 0 Å². The van der Waals surface area contributed by atoms with Crippen molar-refractivity contribution in [2.24, 2.45) is 11.8 Å². The van der Waals surface area contributed by atoms with Crippen LogP contribution in [0, 0.1) is 11.8 Å². The minimum Gasteiger partial charge on any atom is -0.396 e. The summed E-state index contributed by atoms with van der Waals surface area (Å²) in [5, 5.41) is 9.81. The van der Waals surface area contributed by atoms with Gasteiger partial charge in [0.1, 0.15) is 0 Å². The van der Waals surface area contributed by atoms with Gasteiger partial charge in [-0.15, -0.1) is 0 Å². The molecule has 0 aliphatic carbocycles. The van der Waals surface area contributed by atoms with Crippen LogP contribution in [0.1, 0.15) is 10.4 Å². The Morgan fingerprint density at radius 1 is 1.08 bits per heavy atom. The van der Waals surface area contributed by atoms with E-state index in [0.29, 0.717) is 12.5 Å². The lowest BCUT2D eigenvalue weighted by Crippen LogP contribution is -2.47. The lowest BCUT2D eigenvalue weighted by molar-refractivity contribution is 0.0777. The number of piperazine rings is 1. The molecule has 2 atom stereocenters. The molecule has 2 heterocycles. The number of hydrogen-bond acceptors (Lipinski definition) is 5. The molecule has 6 nitrogen and oxygen atoms in total. The lowest BCUT2D eigenvalue weighted by atomic mass is 9.96. The first-order valence-corrected chi connectivity index (χ1v) is 9.56. The molecule has 26 heavy (non-hydrogen) atoms. The molecule has 2 saturated heterocycles. The summed E-state index contributed by atoms with van der Waals surface area (Å²) in [5.41, 5.74) is 1.82. The third kappa shape index (κ3) is 4.37. The second kappa shape index (κ2) is 8.37. The second-order valence-electron chi connectivity index (χ2n) is 7.96. The van der Waals surface area contributed by atoms with Gasteiger partial charge in [-0.2, -0.15) is 0 Å². The average molecular weight is 361 g/mol. The third-order valence-corrected chi connectivity index (χ3v) is 5.82. The van der Waals surface area contributed by atoms with Crippen molar-refractivity contribution >= 4 is 11.6 Å². The fourth-order valence-corrected chi connectivity index (χ4v) is 3.97. The van der Waals surface area contributed by atoms with Gasteiger partial charge in [-0.25, -0.2) is 0 Å². The van der Waals surface area contributed by atoms with Crippen LogP contribution in [0.3, 0.4) is 0 Å². The third-order valence-electron chi connectivity index (χ3n) is 5.82. The van der Waals surface area contributed by atoms with E-state index in [1.165, 1.54) is 0 Å². The Balaban J connectivity index is 1.61. The summed E-state index contributed by atoms with van der Waals surface area (Å²) in [6.45, 7) is 6.87. The number of carbonyl (C=O) groups excluding carboxylic acids is 1. The topological polar surface area (TPSA) is 50.3 Å². The first-order chi connectivity index (χ1) is 12.5. The van der Waals surface area contributed by atoms with Gasteiger partial charge in [-0.1, -0.05) is 0 Å². The summed E-state index contributed by atoms with van der Waals surface area (Å²) in [6.07, 6.45) is 0. The number of amides is 1. The highest BCUT2D eigenvalue weighted by Gasteiger charge is 2.36. The van der Waals surface area contributed by atoms with Gasteiger partial charge >= 0.3 is 0 Å². The van der Waals surface area contributed by atoms with E-state index in [1.807, 2.05) is 48.2 Å². The fourth-order valence-electron chi connectivity index (χ4n) is 3.97. The van der Waals surface area contributed by atoms with E-state index in [0.717, 1.165) is 50.5 Å². The predicted octanol–water partition coefficient (Wildman–Crippen LogP) is 0.681. The zero-order valence-electron chi connectivity index (χ0n) is 16.3. The van der Waals surface area contributed by atoms with E-state index < -0.39 is 0 Å². The molecule has 1 amide bonds.